The fourth-order valence-corrected chi connectivity index (χ4v) is 3.84. The maximum absolute atomic E-state index is 12.6. The van der Waals surface area contributed by atoms with Crippen LogP contribution < -0.4 is 4.90 Å². The first-order valence-corrected chi connectivity index (χ1v) is 11.4. The van der Waals surface area contributed by atoms with Crippen LogP contribution >= 0.6 is 0 Å². The molecule has 0 bridgehead atoms. The van der Waals surface area contributed by atoms with Crippen molar-refractivity contribution >= 4 is 23.3 Å². The number of anilines is 1. The summed E-state index contributed by atoms with van der Waals surface area (Å²) in [5, 5.41) is 20.8. The fraction of sp³-hybridized carbons (Fsp3) is 0.440. The standard InChI is InChI=1S/C25H31N3O5/c1-3-4-13-26(2)22-11-10-21(16-23(22)28(32)33)20-7-5-6-18(15-20)17-27(14-12-24(29)30)25(31)19-8-9-19/h5-7,10-11,15-16,19H,3-4,8-9,12-14,17H2,1-2H3,(H,29,30). The van der Waals surface area contributed by atoms with Crippen molar-refractivity contribution in [3.8, 4) is 11.1 Å². The lowest BCUT2D eigenvalue weighted by Crippen LogP contribution is -2.33. The molecule has 1 N–H and O–H groups in total. The van der Waals surface area contributed by atoms with Gasteiger partial charge in [-0.1, -0.05) is 37.6 Å². The third-order valence-corrected chi connectivity index (χ3v) is 5.90. The molecule has 0 saturated heterocycles. The summed E-state index contributed by atoms with van der Waals surface area (Å²) >= 11 is 0. The first-order chi connectivity index (χ1) is 15.8. The summed E-state index contributed by atoms with van der Waals surface area (Å²) in [5.41, 5.74) is 3.04. The molecule has 0 aliphatic heterocycles. The van der Waals surface area contributed by atoms with Crippen molar-refractivity contribution in [2.24, 2.45) is 5.92 Å². The molecule has 176 valence electrons. The number of nitro benzene ring substituents is 1. The molecule has 0 aromatic heterocycles. The van der Waals surface area contributed by atoms with Crippen molar-refractivity contribution < 1.29 is 19.6 Å². The highest BCUT2D eigenvalue weighted by atomic mass is 16.6. The first-order valence-electron chi connectivity index (χ1n) is 11.4. The van der Waals surface area contributed by atoms with Crippen LogP contribution in [0.5, 0.6) is 0 Å². The Morgan fingerprint density at radius 2 is 1.85 bits per heavy atom. The average molecular weight is 454 g/mol. The van der Waals surface area contributed by atoms with Crippen LogP contribution in [0.3, 0.4) is 0 Å². The number of benzene rings is 2. The van der Waals surface area contributed by atoms with E-state index in [4.69, 9.17) is 5.11 Å². The van der Waals surface area contributed by atoms with E-state index in [1.807, 2.05) is 42.3 Å². The monoisotopic (exact) mass is 453 g/mol. The van der Waals surface area contributed by atoms with Crippen LogP contribution in [0.1, 0.15) is 44.6 Å². The lowest BCUT2D eigenvalue weighted by atomic mass is 10.0. The molecule has 1 amide bonds. The van der Waals surface area contributed by atoms with E-state index in [0.717, 1.165) is 48.9 Å². The number of rotatable bonds is 12. The van der Waals surface area contributed by atoms with Crippen LogP contribution in [-0.2, 0) is 16.1 Å². The van der Waals surface area contributed by atoms with Crippen LogP contribution in [0.15, 0.2) is 42.5 Å². The lowest BCUT2D eigenvalue weighted by Gasteiger charge is -2.22. The lowest BCUT2D eigenvalue weighted by molar-refractivity contribution is -0.384. The predicted octanol–water partition coefficient (Wildman–Crippen LogP) is 4.71. The molecule has 0 atom stereocenters. The molecular formula is C25H31N3O5. The van der Waals surface area contributed by atoms with E-state index < -0.39 is 5.97 Å². The Hall–Kier alpha value is -3.42. The molecule has 0 radical (unpaired) electrons. The van der Waals surface area contributed by atoms with Crippen LogP contribution in [0, 0.1) is 16.0 Å². The number of nitrogens with zero attached hydrogens (tertiary/aromatic N) is 3. The number of unbranched alkanes of at least 4 members (excludes halogenated alkanes) is 1. The molecule has 0 unspecified atom stereocenters. The van der Waals surface area contributed by atoms with E-state index in [0.29, 0.717) is 12.2 Å². The number of aliphatic carboxylic acids is 1. The Bertz CT molecular complexity index is 1020. The highest BCUT2D eigenvalue weighted by Crippen LogP contribution is 2.34. The third kappa shape index (κ3) is 6.54. The van der Waals surface area contributed by atoms with Crippen molar-refractivity contribution in [1.29, 1.82) is 0 Å². The summed E-state index contributed by atoms with van der Waals surface area (Å²) in [4.78, 5) is 38.6. The Balaban J connectivity index is 1.84. The highest BCUT2D eigenvalue weighted by Gasteiger charge is 2.33. The topological polar surface area (TPSA) is 104 Å². The van der Waals surface area contributed by atoms with Gasteiger partial charge in [-0.15, -0.1) is 0 Å². The number of carbonyl (C=O) groups is 2. The van der Waals surface area contributed by atoms with Crippen LogP contribution in [-0.4, -0.2) is 46.9 Å². The van der Waals surface area contributed by atoms with Gasteiger partial charge in [-0.05, 0) is 48.1 Å². The molecule has 8 nitrogen and oxygen atoms in total. The minimum absolute atomic E-state index is 0.00173. The van der Waals surface area contributed by atoms with Gasteiger partial charge in [-0.2, -0.15) is 0 Å². The van der Waals surface area contributed by atoms with E-state index in [2.05, 4.69) is 6.92 Å². The van der Waals surface area contributed by atoms with Crippen molar-refractivity contribution in [3.63, 3.8) is 0 Å². The Kier molecular flexibility index (Phi) is 8.03. The molecule has 1 aliphatic carbocycles. The molecule has 33 heavy (non-hydrogen) atoms. The second-order valence-electron chi connectivity index (χ2n) is 8.61. The van der Waals surface area contributed by atoms with Gasteiger partial charge in [-0.25, -0.2) is 0 Å². The minimum Gasteiger partial charge on any atom is -0.481 e. The van der Waals surface area contributed by atoms with Crippen LogP contribution in [0.4, 0.5) is 11.4 Å². The average Bonchev–Trinajstić information content (AvgIpc) is 3.65. The first kappa shape index (κ1) is 24.2. The smallest absolute Gasteiger partial charge is 0.305 e. The van der Waals surface area contributed by atoms with Gasteiger partial charge in [0.1, 0.15) is 5.69 Å². The minimum atomic E-state index is -0.936. The van der Waals surface area contributed by atoms with Gasteiger partial charge >= 0.3 is 5.97 Å². The summed E-state index contributed by atoms with van der Waals surface area (Å²) in [6.45, 7) is 3.31. The number of hydrogen-bond acceptors (Lipinski definition) is 5. The molecule has 8 heteroatoms. The highest BCUT2D eigenvalue weighted by molar-refractivity contribution is 5.81. The van der Waals surface area contributed by atoms with Gasteiger partial charge in [0, 0.05) is 38.7 Å². The van der Waals surface area contributed by atoms with Gasteiger partial charge in [0.15, 0.2) is 0 Å². The van der Waals surface area contributed by atoms with E-state index >= 15 is 0 Å². The molecule has 2 aromatic carbocycles. The molecule has 3 rings (SSSR count). The number of hydrogen-bond donors (Lipinski definition) is 1. The summed E-state index contributed by atoms with van der Waals surface area (Å²) in [7, 11) is 1.86. The van der Waals surface area contributed by atoms with Gasteiger partial charge in [0.2, 0.25) is 5.91 Å². The Labute approximate surface area is 194 Å². The maximum atomic E-state index is 12.6. The summed E-state index contributed by atoms with van der Waals surface area (Å²) in [5.74, 6) is -0.938. The SMILES string of the molecule is CCCCN(C)c1ccc(-c2cccc(CN(CCC(=O)O)C(=O)C3CC3)c2)cc1[N+](=O)[O-]. The molecule has 1 aliphatic rings. The third-order valence-electron chi connectivity index (χ3n) is 5.90. The van der Waals surface area contributed by atoms with Crippen molar-refractivity contribution in [2.45, 2.75) is 45.6 Å². The number of carbonyl (C=O) groups excluding carboxylic acids is 1. The van der Waals surface area contributed by atoms with E-state index in [9.17, 15) is 19.7 Å². The number of carboxylic acids is 1. The Morgan fingerprint density at radius 1 is 1.12 bits per heavy atom. The summed E-state index contributed by atoms with van der Waals surface area (Å²) in [6, 6.07) is 12.8. The normalized spacial score (nSPS) is 12.9. The predicted molar refractivity (Wildman–Crippen MR) is 127 cm³/mol. The van der Waals surface area contributed by atoms with Crippen LogP contribution in [0.2, 0.25) is 0 Å². The molecule has 1 fully saturated rings. The molecule has 1 saturated carbocycles. The quantitative estimate of drug-likeness (QED) is 0.369. The fourth-order valence-electron chi connectivity index (χ4n) is 3.84. The number of amides is 1. The zero-order chi connectivity index (χ0) is 24.0. The van der Waals surface area contributed by atoms with Gasteiger partial charge in [0.25, 0.3) is 5.69 Å². The van der Waals surface area contributed by atoms with Crippen molar-refractivity contribution in [1.82, 2.24) is 4.90 Å². The second kappa shape index (κ2) is 10.9. The zero-order valence-corrected chi connectivity index (χ0v) is 19.2. The second-order valence-corrected chi connectivity index (χ2v) is 8.61. The summed E-state index contributed by atoms with van der Waals surface area (Å²) in [6.07, 6.45) is 3.57. The number of nitro groups is 1. The number of carboxylic acid groups (broad SMARTS) is 1. The summed E-state index contributed by atoms with van der Waals surface area (Å²) < 4.78 is 0. The van der Waals surface area contributed by atoms with Gasteiger partial charge < -0.3 is 14.9 Å². The maximum Gasteiger partial charge on any atom is 0.305 e. The van der Waals surface area contributed by atoms with Gasteiger partial charge in [0.05, 0.1) is 11.3 Å². The zero-order valence-electron chi connectivity index (χ0n) is 19.2. The molecule has 0 heterocycles. The largest absolute Gasteiger partial charge is 0.481 e. The van der Waals surface area contributed by atoms with E-state index in [1.54, 1.807) is 17.0 Å². The van der Waals surface area contributed by atoms with Crippen molar-refractivity contribution in [3.05, 3.63) is 58.1 Å². The van der Waals surface area contributed by atoms with E-state index in [1.165, 1.54) is 0 Å². The van der Waals surface area contributed by atoms with Crippen LogP contribution in [0.25, 0.3) is 11.1 Å². The molecule has 2 aromatic rings. The van der Waals surface area contributed by atoms with Gasteiger partial charge in [-0.3, -0.25) is 19.7 Å². The molecule has 0 spiro atoms. The molecular weight excluding hydrogens is 422 g/mol. The Morgan fingerprint density at radius 3 is 2.48 bits per heavy atom. The van der Waals surface area contributed by atoms with Crippen molar-refractivity contribution in [2.75, 3.05) is 25.0 Å². The van der Waals surface area contributed by atoms with E-state index in [-0.39, 0.29) is 35.4 Å².